The molecule has 0 amide bonds. The molecule has 0 saturated heterocycles. The first-order chi connectivity index (χ1) is 11.3. The molecule has 0 aliphatic carbocycles. The van der Waals surface area contributed by atoms with E-state index in [1.165, 1.54) is 27.8 Å². The molecule has 3 rings (SSSR count). The summed E-state index contributed by atoms with van der Waals surface area (Å²) in [5.41, 5.74) is 6.60. The zero-order valence-corrected chi connectivity index (χ0v) is 13.6. The zero-order chi connectivity index (χ0) is 16.1. The van der Waals surface area contributed by atoms with E-state index < -0.39 is 0 Å². The van der Waals surface area contributed by atoms with Gasteiger partial charge >= 0.3 is 0 Å². The molecule has 3 aromatic rings. The van der Waals surface area contributed by atoms with E-state index in [2.05, 4.69) is 92.4 Å². The first kappa shape index (κ1) is 15.3. The lowest BCUT2D eigenvalue weighted by molar-refractivity contribution is 0.803. The normalized spacial score (nSPS) is 10.7. The lowest BCUT2D eigenvalue weighted by Crippen LogP contribution is -2.06. The fraction of sp³-hybridized carbons (Fsp3) is 0.130. The first-order valence-electron chi connectivity index (χ1n) is 8.10. The monoisotopic (exact) mass is 298 g/mol. The summed E-state index contributed by atoms with van der Waals surface area (Å²) in [6, 6.07) is 28.1. The molecule has 0 nitrogen and oxygen atoms in total. The van der Waals surface area contributed by atoms with Crippen LogP contribution in [-0.2, 0) is 6.42 Å². The summed E-state index contributed by atoms with van der Waals surface area (Å²) in [4.78, 5) is 0. The molecular weight excluding hydrogens is 276 g/mol. The summed E-state index contributed by atoms with van der Waals surface area (Å²) in [5.74, 6) is 0.359. The van der Waals surface area contributed by atoms with Crippen molar-refractivity contribution in [3.8, 4) is 0 Å². The summed E-state index contributed by atoms with van der Waals surface area (Å²) in [7, 11) is 0. The highest BCUT2D eigenvalue weighted by Gasteiger charge is 2.16. The number of benzene rings is 3. The molecule has 0 bridgehead atoms. The minimum absolute atomic E-state index is 0.359. The topological polar surface area (TPSA) is 0 Å². The second-order valence-electron chi connectivity index (χ2n) is 5.98. The Morgan fingerprint density at radius 3 is 1.91 bits per heavy atom. The number of hydrogen-bond acceptors (Lipinski definition) is 0. The predicted molar refractivity (Wildman–Crippen MR) is 99.7 cm³/mol. The van der Waals surface area contributed by atoms with Gasteiger partial charge in [0.2, 0.25) is 0 Å². The van der Waals surface area contributed by atoms with Crippen molar-refractivity contribution < 1.29 is 0 Å². The lowest BCUT2D eigenvalue weighted by atomic mass is 9.84. The van der Waals surface area contributed by atoms with Gasteiger partial charge in [-0.3, -0.25) is 0 Å². The molecule has 0 atom stereocenters. The van der Waals surface area contributed by atoms with Crippen molar-refractivity contribution in [1.82, 2.24) is 0 Å². The molecule has 23 heavy (non-hydrogen) atoms. The van der Waals surface area contributed by atoms with E-state index in [4.69, 9.17) is 0 Å². The van der Waals surface area contributed by atoms with Crippen LogP contribution >= 0.6 is 0 Å². The van der Waals surface area contributed by atoms with Gasteiger partial charge in [0.25, 0.3) is 0 Å². The minimum Gasteiger partial charge on any atom is -0.0985 e. The van der Waals surface area contributed by atoms with Crippen molar-refractivity contribution >= 4 is 6.08 Å². The van der Waals surface area contributed by atoms with E-state index >= 15 is 0 Å². The molecule has 0 aliphatic rings. The summed E-state index contributed by atoms with van der Waals surface area (Å²) in [6.07, 6.45) is 2.94. The highest BCUT2D eigenvalue weighted by Crippen LogP contribution is 2.30. The number of aryl methyl sites for hydroxylation is 1. The van der Waals surface area contributed by atoms with Gasteiger partial charge in [-0.1, -0.05) is 97.1 Å². The molecule has 0 aliphatic heterocycles. The molecule has 114 valence electrons. The fourth-order valence-corrected chi connectivity index (χ4v) is 3.13. The number of hydrogen-bond donors (Lipinski definition) is 0. The molecule has 3 aromatic carbocycles. The third-order valence-electron chi connectivity index (χ3n) is 4.35. The van der Waals surface area contributed by atoms with Crippen LogP contribution in [-0.4, -0.2) is 0 Å². The van der Waals surface area contributed by atoms with Crippen LogP contribution in [0.25, 0.3) is 6.08 Å². The van der Waals surface area contributed by atoms with E-state index in [1.807, 2.05) is 6.08 Å². The van der Waals surface area contributed by atoms with Gasteiger partial charge in [-0.15, -0.1) is 0 Å². The summed E-state index contributed by atoms with van der Waals surface area (Å²) in [5, 5.41) is 0. The largest absolute Gasteiger partial charge is 0.0985 e. The van der Waals surface area contributed by atoms with Crippen LogP contribution in [0.2, 0.25) is 0 Å². The molecule has 0 fully saturated rings. The maximum Gasteiger partial charge on any atom is 0.0130 e. The third-order valence-corrected chi connectivity index (χ3v) is 4.35. The maximum absolute atomic E-state index is 3.97. The standard InChI is InChI=1S/C23H22/c1-3-19-15-14-18(2)16-22(19)17-23(20-10-6-4-7-11-20)21-12-8-5-9-13-21/h3-16,23H,1,17H2,2H3. The average Bonchev–Trinajstić information content (AvgIpc) is 2.61. The molecule has 0 heteroatoms. The maximum atomic E-state index is 3.97. The Bertz CT molecular complexity index is 730. The average molecular weight is 298 g/mol. The predicted octanol–water partition coefficient (Wildman–Crippen LogP) is 6.01. The molecular formula is C23H22. The SMILES string of the molecule is C=Cc1ccc(C)cc1CC(c1ccccc1)c1ccccc1. The van der Waals surface area contributed by atoms with Crippen molar-refractivity contribution in [1.29, 1.82) is 0 Å². The summed E-state index contributed by atoms with van der Waals surface area (Å²) >= 11 is 0. The molecule has 0 spiro atoms. The van der Waals surface area contributed by atoms with E-state index in [9.17, 15) is 0 Å². The van der Waals surface area contributed by atoms with Crippen molar-refractivity contribution in [2.45, 2.75) is 19.3 Å². The lowest BCUT2D eigenvalue weighted by Gasteiger charge is -2.20. The quantitative estimate of drug-likeness (QED) is 0.541. The Balaban J connectivity index is 2.04. The van der Waals surface area contributed by atoms with E-state index in [1.54, 1.807) is 0 Å². The zero-order valence-electron chi connectivity index (χ0n) is 13.6. The Labute approximate surface area is 139 Å². The highest BCUT2D eigenvalue weighted by molar-refractivity contribution is 5.54. The van der Waals surface area contributed by atoms with E-state index in [-0.39, 0.29) is 0 Å². The second kappa shape index (κ2) is 7.11. The van der Waals surface area contributed by atoms with Gasteiger partial charge in [-0.25, -0.2) is 0 Å². The summed E-state index contributed by atoms with van der Waals surface area (Å²) < 4.78 is 0. The van der Waals surface area contributed by atoms with Gasteiger partial charge in [0.05, 0.1) is 0 Å². The van der Waals surface area contributed by atoms with Gasteiger partial charge in [-0.05, 0) is 35.6 Å². The van der Waals surface area contributed by atoms with Gasteiger partial charge in [0.15, 0.2) is 0 Å². The minimum atomic E-state index is 0.359. The van der Waals surface area contributed by atoms with E-state index in [0.29, 0.717) is 5.92 Å². The Hall–Kier alpha value is -2.60. The smallest absolute Gasteiger partial charge is 0.0130 e. The van der Waals surface area contributed by atoms with Gasteiger partial charge in [0, 0.05) is 5.92 Å². The molecule has 0 aromatic heterocycles. The van der Waals surface area contributed by atoms with Crippen LogP contribution in [0, 0.1) is 6.92 Å². The molecule has 0 radical (unpaired) electrons. The molecule has 0 N–H and O–H groups in total. The third kappa shape index (κ3) is 3.60. The Kier molecular flexibility index (Phi) is 4.73. The van der Waals surface area contributed by atoms with Crippen LogP contribution in [0.3, 0.4) is 0 Å². The van der Waals surface area contributed by atoms with Crippen molar-refractivity contribution in [2.75, 3.05) is 0 Å². The van der Waals surface area contributed by atoms with Crippen molar-refractivity contribution in [2.24, 2.45) is 0 Å². The first-order valence-corrected chi connectivity index (χ1v) is 8.10. The van der Waals surface area contributed by atoms with Crippen LogP contribution in [0.4, 0.5) is 0 Å². The van der Waals surface area contributed by atoms with Crippen LogP contribution in [0.1, 0.15) is 33.7 Å². The highest BCUT2D eigenvalue weighted by atomic mass is 14.2. The van der Waals surface area contributed by atoms with Gasteiger partial charge in [-0.2, -0.15) is 0 Å². The number of rotatable bonds is 5. The molecule has 0 heterocycles. The van der Waals surface area contributed by atoms with Crippen molar-refractivity contribution in [3.63, 3.8) is 0 Å². The van der Waals surface area contributed by atoms with Gasteiger partial charge in [0.1, 0.15) is 0 Å². The second-order valence-corrected chi connectivity index (χ2v) is 5.98. The van der Waals surface area contributed by atoms with Gasteiger partial charge < -0.3 is 0 Å². The van der Waals surface area contributed by atoms with Crippen LogP contribution < -0.4 is 0 Å². The summed E-state index contributed by atoms with van der Waals surface area (Å²) in [6.45, 7) is 6.12. The Morgan fingerprint density at radius 1 is 0.826 bits per heavy atom. The van der Waals surface area contributed by atoms with Crippen molar-refractivity contribution in [3.05, 3.63) is 113 Å². The molecule has 0 saturated carbocycles. The fourth-order valence-electron chi connectivity index (χ4n) is 3.13. The Morgan fingerprint density at radius 2 is 1.39 bits per heavy atom. The van der Waals surface area contributed by atoms with Crippen LogP contribution in [0.5, 0.6) is 0 Å². The molecule has 0 unspecified atom stereocenters. The van der Waals surface area contributed by atoms with Crippen LogP contribution in [0.15, 0.2) is 85.4 Å². The van der Waals surface area contributed by atoms with E-state index in [0.717, 1.165) is 6.42 Å².